The lowest BCUT2D eigenvalue weighted by molar-refractivity contribution is 0.399. The Morgan fingerprint density at radius 2 is 2.11 bits per heavy atom. The minimum atomic E-state index is 0.667. The first kappa shape index (κ1) is 13.0. The molecule has 0 radical (unpaired) electrons. The van der Waals surface area contributed by atoms with Crippen molar-refractivity contribution in [3.8, 4) is 0 Å². The quantitative estimate of drug-likeness (QED) is 0.892. The molecule has 0 spiro atoms. The molecule has 19 heavy (non-hydrogen) atoms. The summed E-state index contributed by atoms with van der Waals surface area (Å²) in [5.74, 6) is 0.827. The highest BCUT2D eigenvalue weighted by Crippen LogP contribution is 2.35. The molecule has 1 N–H and O–H groups in total. The van der Waals surface area contributed by atoms with Crippen LogP contribution in [-0.4, -0.2) is 25.2 Å². The van der Waals surface area contributed by atoms with Crippen LogP contribution in [0.2, 0.25) is 0 Å². The number of benzene rings is 1. The van der Waals surface area contributed by atoms with Crippen molar-refractivity contribution in [2.24, 2.45) is 5.92 Å². The maximum atomic E-state index is 3.68. The summed E-state index contributed by atoms with van der Waals surface area (Å²) in [6, 6.07) is 10.4. The molecule has 0 saturated heterocycles. The Morgan fingerprint density at radius 3 is 2.95 bits per heavy atom. The zero-order valence-corrected chi connectivity index (χ0v) is 12.2. The van der Waals surface area contributed by atoms with Gasteiger partial charge >= 0.3 is 0 Å². The fourth-order valence-electron chi connectivity index (χ4n) is 3.95. The highest BCUT2D eigenvalue weighted by atomic mass is 15.2. The van der Waals surface area contributed by atoms with Crippen LogP contribution in [0.1, 0.15) is 38.7 Å². The third-order valence-electron chi connectivity index (χ3n) is 4.91. The summed E-state index contributed by atoms with van der Waals surface area (Å²) in [6.07, 6.45) is 5.37. The van der Waals surface area contributed by atoms with E-state index in [4.69, 9.17) is 0 Å². The van der Waals surface area contributed by atoms with Crippen molar-refractivity contribution in [3.63, 3.8) is 0 Å². The maximum absolute atomic E-state index is 3.68. The van der Waals surface area contributed by atoms with E-state index in [1.807, 2.05) is 0 Å². The van der Waals surface area contributed by atoms with E-state index in [1.54, 1.807) is 0 Å². The largest absolute Gasteiger partial charge is 0.368 e. The van der Waals surface area contributed by atoms with Crippen LogP contribution in [0.3, 0.4) is 0 Å². The molecule has 2 heteroatoms. The number of hydrogen-bond donors (Lipinski definition) is 1. The Balaban J connectivity index is 1.73. The molecule has 104 valence electrons. The molecule has 2 aliphatic rings. The molecule has 3 unspecified atom stereocenters. The van der Waals surface area contributed by atoms with Gasteiger partial charge in [-0.25, -0.2) is 0 Å². The Hall–Kier alpha value is -1.02. The Bertz CT molecular complexity index is 429. The second kappa shape index (κ2) is 5.54. The van der Waals surface area contributed by atoms with Crippen molar-refractivity contribution in [1.82, 2.24) is 5.32 Å². The lowest BCUT2D eigenvalue weighted by atomic mass is 10.0. The first-order valence-corrected chi connectivity index (χ1v) is 7.87. The summed E-state index contributed by atoms with van der Waals surface area (Å²) in [6.45, 7) is 6.93. The van der Waals surface area contributed by atoms with Crippen molar-refractivity contribution in [1.29, 1.82) is 0 Å². The van der Waals surface area contributed by atoms with E-state index in [0.717, 1.165) is 18.5 Å². The Kier molecular flexibility index (Phi) is 3.79. The highest BCUT2D eigenvalue weighted by molar-refractivity contribution is 5.59. The molecule has 1 aliphatic heterocycles. The third kappa shape index (κ3) is 2.51. The lowest BCUT2D eigenvalue weighted by Crippen LogP contribution is -2.41. The highest BCUT2D eigenvalue weighted by Gasteiger charge is 2.32. The molecule has 1 aliphatic carbocycles. The zero-order valence-electron chi connectivity index (χ0n) is 12.2. The van der Waals surface area contributed by atoms with Gasteiger partial charge in [-0.2, -0.15) is 0 Å². The fourth-order valence-corrected chi connectivity index (χ4v) is 3.95. The summed E-state index contributed by atoms with van der Waals surface area (Å²) < 4.78 is 0. The smallest absolute Gasteiger partial charge is 0.0402 e. The van der Waals surface area contributed by atoms with E-state index < -0.39 is 0 Å². The second-order valence-electron chi connectivity index (χ2n) is 6.19. The zero-order chi connectivity index (χ0) is 13.2. The number of fused-ring (bicyclic) bond motifs is 1. The van der Waals surface area contributed by atoms with Gasteiger partial charge in [0.25, 0.3) is 0 Å². The molecule has 0 bridgehead atoms. The van der Waals surface area contributed by atoms with Crippen LogP contribution < -0.4 is 10.2 Å². The predicted octanol–water partition coefficient (Wildman–Crippen LogP) is 3.22. The SMILES string of the molecule is CCNC1CCCC1CN1c2ccccc2CC1C. The van der Waals surface area contributed by atoms with E-state index >= 15 is 0 Å². The van der Waals surface area contributed by atoms with Crippen LogP contribution >= 0.6 is 0 Å². The van der Waals surface area contributed by atoms with Gasteiger partial charge in [0.1, 0.15) is 0 Å². The van der Waals surface area contributed by atoms with Crippen LogP contribution in [0.15, 0.2) is 24.3 Å². The molecule has 1 fully saturated rings. The molecule has 2 nitrogen and oxygen atoms in total. The summed E-state index contributed by atoms with van der Waals surface area (Å²) in [5.41, 5.74) is 3.02. The van der Waals surface area contributed by atoms with Crippen molar-refractivity contribution < 1.29 is 0 Å². The van der Waals surface area contributed by atoms with Crippen LogP contribution in [0, 0.1) is 5.92 Å². The average molecular weight is 258 g/mol. The normalized spacial score (nSPS) is 29.8. The number of para-hydroxylation sites is 1. The predicted molar refractivity (Wildman–Crippen MR) is 81.8 cm³/mol. The molecule has 1 saturated carbocycles. The van der Waals surface area contributed by atoms with Gasteiger partial charge in [-0.1, -0.05) is 31.5 Å². The van der Waals surface area contributed by atoms with Crippen molar-refractivity contribution in [3.05, 3.63) is 29.8 Å². The van der Waals surface area contributed by atoms with Crippen LogP contribution in [0.4, 0.5) is 5.69 Å². The summed E-state index contributed by atoms with van der Waals surface area (Å²) >= 11 is 0. The lowest BCUT2D eigenvalue weighted by Gasteiger charge is -2.31. The van der Waals surface area contributed by atoms with Gasteiger partial charge in [0.05, 0.1) is 0 Å². The standard InChI is InChI=1S/C17H26N2/c1-3-18-16-9-6-8-15(16)12-19-13(2)11-14-7-4-5-10-17(14)19/h4-5,7,10,13,15-16,18H,3,6,8-9,11-12H2,1-2H3. The number of anilines is 1. The fraction of sp³-hybridized carbons (Fsp3) is 0.647. The van der Waals surface area contributed by atoms with Gasteiger partial charge in [-0.05, 0) is 50.3 Å². The number of rotatable bonds is 4. The van der Waals surface area contributed by atoms with Crippen LogP contribution in [-0.2, 0) is 6.42 Å². The molecule has 1 aromatic rings. The average Bonchev–Trinajstić information content (AvgIpc) is 2.97. The summed E-state index contributed by atoms with van der Waals surface area (Å²) in [4.78, 5) is 2.65. The van der Waals surface area contributed by atoms with Gasteiger partial charge in [-0.15, -0.1) is 0 Å². The molecule has 3 rings (SSSR count). The van der Waals surface area contributed by atoms with E-state index in [2.05, 4.69) is 48.3 Å². The van der Waals surface area contributed by atoms with Gasteiger partial charge < -0.3 is 10.2 Å². The number of hydrogen-bond acceptors (Lipinski definition) is 2. The van der Waals surface area contributed by atoms with Gasteiger partial charge in [0.15, 0.2) is 0 Å². The topological polar surface area (TPSA) is 15.3 Å². The van der Waals surface area contributed by atoms with E-state index in [0.29, 0.717) is 6.04 Å². The number of nitrogens with zero attached hydrogens (tertiary/aromatic N) is 1. The summed E-state index contributed by atoms with van der Waals surface area (Å²) in [5, 5.41) is 3.68. The molecular weight excluding hydrogens is 232 g/mol. The molecule has 1 heterocycles. The van der Waals surface area contributed by atoms with Gasteiger partial charge in [0, 0.05) is 24.3 Å². The first-order chi connectivity index (χ1) is 9.29. The third-order valence-corrected chi connectivity index (χ3v) is 4.91. The molecule has 3 atom stereocenters. The minimum absolute atomic E-state index is 0.667. The molecular formula is C17H26N2. The van der Waals surface area contributed by atoms with Crippen LogP contribution in [0.25, 0.3) is 0 Å². The molecule has 1 aromatic carbocycles. The van der Waals surface area contributed by atoms with Gasteiger partial charge in [-0.3, -0.25) is 0 Å². The minimum Gasteiger partial charge on any atom is -0.368 e. The number of nitrogens with one attached hydrogen (secondary N) is 1. The Morgan fingerprint density at radius 1 is 1.26 bits per heavy atom. The van der Waals surface area contributed by atoms with E-state index in [9.17, 15) is 0 Å². The van der Waals surface area contributed by atoms with E-state index in [1.165, 1.54) is 43.5 Å². The monoisotopic (exact) mass is 258 g/mol. The molecule has 0 amide bonds. The summed E-state index contributed by atoms with van der Waals surface area (Å²) in [7, 11) is 0. The second-order valence-corrected chi connectivity index (χ2v) is 6.19. The first-order valence-electron chi connectivity index (χ1n) is 7.87. The van der Waals surface area contributed by atoms with Crippen LogP contribution in [0.5, 0.6) is 0 Å². The maximum Gasteiger partial charge on any atom is 0.0402 e. The van der Waals surface area contributed by atoms with Crippen molar-refractivity contribution >= 4 is 5.69 Å². The van der Waals surface area contributed by atoms with E-state index in [-0.39, 0.29) is 0 Å². The van der Waals surface area contributed by atoms with Crippen molar-refractivity contribution in [2.45, 2.75) is 51.6 Å². The van der Waals surface area contributed by atoms with Gasteiger partial charge in [0.2, 0.25) is 0 Å². The Labute approximate surface area is 117 Å². The van der Waals surface area contributed by atoms with Crippen molar-refractivity contribution in [2.75, 3.05) is 18.0 Å². The molecule has 0 aromatic heterocycles.